The summed E-state index contributed by atoms with van der Waals surface area (Å²) >= 11 is 0. The molecule has 0 atom stereocenters. The van der Waals surface area contributed by atoms with E-state index in [0.717, 1.165) is 13.3 Å². The van der Waals surface area contributed by atoms with Crippen LogP contribution in [-0.4, -0.2) is 62.6 Å². The third kappa shape index (κ3) is 8.73. The lowest BCUT2D eigenvalue weighted by atomic mass is 10.2. The van der Waals surface area contributed by atoms with Crippen LogP contribution >= 0.6 is 15.2 Å². The molecule has 6 N–H and O–H groups in total. The molecule has 154 valence electrons. The second-order valence-corrected chi connectivity index (χ2v) is 10.4. The standard InChI is InChI=1S/C13H28N2O9P2/c1-3-5-11(16)15-8-9-24-10-12(17)14-7-4-6-13(2,25(18,19)20)26(21,22)23/h3-10H2,1-2H3,(H,14,17)(H,15,16)(H2,18,19,20)(H2,21,22,23). The molecule has 0 unspecified atom stereocenters. The van der Waals surface area contributed by atoms with Gasteiger partial charge < -0.3 is 34.9 Å². The fraction of sp³-hybridized carbons (Fsp3) is 0.846. The molecule has 0 radical (unpaired) electrons. The second-order valence-electron chi connectivity index (χ2n) is 5.91. The van der Waals surface area contributed by atoms with Crippen molar-refractivity contribution in [2.75, 3.05) is 26.3 Å². The lowest BCUT2D eigenvalue weighted by molar-refractivity contribution is -0.125. The van der Waals surface area contributed by atoms with Crippen LogP contribution in [0.5, 0.6) is 0 Å². The first-order chi connectivity index (χ1) is 11.8. The zero-order valence-corrected chi connectivity index (χ0v) is 16.7. The maximum Gasteiger partial charge on any atom is 0.343 e. The maximum atomic E-state index is 11.5. The Morgan fingerprint density at radius 2 is 1.54 bits per heavy atom. The maximum absolute atomic E-state index is 11.5. The Kier molecular flexibility index (Phi) is 10.8. The molecule has 0 rings (SSSR count). The van der Waals surface area contributed by atoms with Gasteiger partial charge in [0.25, 0.3) is 0 Å². The molecule has 0 spiro atoms. The molecule has 0 aromatic carbocycles. The van der Waals surface area contributed by atoms with E-state index in [0.29, 0.717) is 6.42 Å². The van der Waals surface area contributed by atoms with Gasteiger partial charge in [-0.3, -0.25) is 18.7 Å². The monoisotopic (exact) mass is 418 g/mol. The Hall–Kier alpha value is -0.800. The summed E-state index contributed by atoms with van der Waals surface area (Å²) in [4.78, 5) is 57.0. The summed E-state index contributed by atoms with van der Waals surface area (Å²) in [6, 6.07) is 0. The van der Waals surface area contributed by atoms with Crippen LogP contribution in [0, 0.1) is 0 Å². The largest absolute Gasteiger partial charge is 0.370 e. The summed E-state index contributed by atoms with van der Waals surface area (Å²) < 4.78 is 27.8. The minimum absolute atomic E-state index is 0.0228. The van der Waals surface area contributed by atoms with Gasteiger partial charge in [-0.05, 0) is 26.2 Å². The average Bonchev–Trinajstić information content (AvgIpc) is 2.49. The van der Waals surface area contributed by atoms with E-state index in [2.05, 4.69) is 10.6 Å². The van der Waals surface area contributed by atoms with E-state index in [1.807, 2.05) is 6.92 Å². The molecule has 2 amide bonds. The number of ether oxygens (including phenoxy) is 1. The van der Waals surface area contributed by atoms with E-state index >= 15 is 0 Å². The van der Waals surface area contributed by atoms with Crippen molar-refractivity contribution in [2.45, 2.75) is 44.4 Å². The molecule has 0 bridgehead atoms. The van der Waals surface area contributed by atoms with Gasteiger partial charge in [0.15, 0.2) is 4.90 Å². The van der Waals surface area contributed by atoms with Gasteiger partial charge in [0, 0.05) is 19.5 Å². The summed E-state index contributed by atoms with van der Waals surface area (Å²) in [7, 11) is -10.1. The van der Waals surface area contributed by atoms with Crippen LogP contribution in [0.2, 0.25) is 0 Å². The summed E-state index contributed by atoms with van der Waals surface area (Å²) in [6.07, 6.45) is 0.651. The van der Waals surface area contributed by atoms with Crippen LogP contribution < -0.4 is 10.6 Å². The highest BCUT2D eigenvalue weighted by Gasteiger charge is 2.55. The minimum Gasteiger partial charge on any atom is -0.370 e. The summed E-state index contributed by atoms with van der Waals surface area (Å²) in [5.41, 5.74) is 0. The van der Waals surface area contributed by atoms with Crippen LogP contribution in [0.15, 0.2) is 0 Å². The molecular weight excluding hydrogens is 390 g/mol. The van der Waals surface area contributed by atoms with E-state index in [4.69, 9.17) is 4.74 Å². The number of rotatable bonds is 13. The van der Waals surface area contributed by atoms with Gasteiger partial charge >= 0.3 is 15.2 Å². The number of carbonyl (C=O) groups excluding carboxylic acids is 2. The van der Waals surface area contributed by atoms with E-state index < -0.39 is 32.4 Å². The molecule has 13 heteroatoms. The lowest BCUT2D eigenvalue weighted by Crippen LogP contribution is -2.32. The molecule has 0 heterocycles. The van der Waals surface area contributed by atoms with Crippen LogP contribution in [0.1, 0.15) is 39.5 Å². The van der Waals surface area contributed by atoms with Gasteiger partial charge in [-0.2, -0.15) is 0 Å². The number of hydrogen-bond donors (Lipinski definition) is 6. The van der Waals surface area contributed by atoms with Crippen LogP contribution in [-0.2, 0) is 23.5 Å². The molecule has 26 heavy (non-hydrogen) atoms. The second kappa shape index (κ2) is 11.1. The van der Waals surface area contributed by atoms with Gasteiger partial charge in [-0.15, -0.1) is 0 Å². The van der Waals surface area contributed by atoms with Crippen molar-refractivity contribution < 1.29 is 43.0 Å². The molecule has 11 nitrogen and oxygen atoms in total. The zero-order chi connectivity index (χ0) is 20.4. The molecule has 0 saturated carbocycles. The Balaban J connectivity index is 4.07. The smallest absolute Gasteiger partial charge is 0.343 e. The summed E-state index contributed by atoms with van der Waals surface area (Å²) in [6.45, 7) is 2.84. The quantitative estimate of drug-likeness (QED) is 0.175. The molecule has 0 aromatic heterocycles. The van der Waals surface area contributed by atoms with Crippen molar-refractivity contribution in [3.05, 3.63) is 0 Å². The normalized spacial score (nSPS) is 12.7. The van der Waals surface area contributed by atoms with Gasteiger partial charge in [-0.1, -0.05) is 6.92 Å². The van der Waals surface area contributed by atoms with E-state index in [1.54, 1.807) is 0 Å². The van der Waals surface area contributed by atoms with Gasteiger partial charge in [0.05, 0.1) is 6.61 Å². The van der Waals surface area contributed by atoms with Gasteiger partial charge in [0.1, 0.15) is 6.61 Å². The predicted molar refractivity (Wildman–Crippen MR) is 93.5 cm³/mol. The molecule has 0 aromatic rings. The highest BCUT2D eigenvalue weighted by molar-refractivity contribution is 7.72. The van der Waals surface area contributed by atoms with E-state index in [1.165, 1.54) is 0 Å². The first kappa shape index (κ1) is 25.2. The van der Waals surface area contributed by atoms with Crippen molar-refractivity contribution in [3.63, 3.8) is 0 Å². The molecule has 0 aliphatic rings. The Labute approximate surface area is 152 Å². The van der Waals surface area contributed by atoms with Crippen molar-refractivity contribution >= 4 is 27.0 Å². The summed E-state index contributed by atoms with van der Waals surface area (Å²) in [5, 5.41) is 5.03. The number of carbonyl (C=O) groups is 2. The third-order valence-electron chi connectivity index (χ3n) is 3.68. The lowest BCUT2D eigenvalue weighted by Gasteiger charge is -2.30. The van der Waals surface area contributed by atoms with Crippen LogP contribution in [0.4, 0.5) is 0 Å². The van der Waals surface area contributed by atoms with Gasteiger partial charge in [-0.25, -0.2) is 0 Å². The summed E-state index contributed by atoms with van der Waals surface area (Å²) in [5.74, 6) is -0.586. The van der Waals surface area contributed by atoms with Crippen LogP contribution in [0.3, 0.4) is 0 Å². The average molecular weight is 418 g/mol. The van der Waals surface area contributed by atoms with Crippen molar-refractivity contribution in [1.29, 1.82) is 0 Å². The highest BCUT2D eigenvalue weighted by Crippen LogP contribution is 2.70. The van der Waals surface area contributed by atoms with Gasteiger partial charge in [0.2, 0.25) is 11.8 Å². The van der Waals surface area contributed by atoms with Crippen molar-refractivity contribution in [1.82, 2.24) is 10.6 Å². The molecule has 0 aliphatic carbocycles. The number of amides is 2. The number of hydrogen-bond acceptors (Lipinski definition) is 5. The van der Waals surface area contributed by atoms with E-state index in [9.17, 15) is 38.3 Å². The SMILES string of the molecule is CCCC(=O)NCCOCC(=O)NCCCC(C)(P(=O)(O)O)P(=O)(O)O. The first-order valence-electron chi connectivity index (χ1n) is 8.07. The van der Waals surface area contributed by atoms with Crippen molar-refractivity contribution in [2.24, 2.45) is 0 Å². The van der Waals surface area contributed by atoms with Crippen LogP contribution in [0.25, 0.3) is 0 Å². The number of nitrogens with one attached hydrogen (secondary N) is 2. The first-order valence-corrected chi connectivity index (χ1v) is 11.3. The Morgan fingerprint density at radius 1 is 1.00 bits per heavy atom. The Morgan fingerprint density at radius 3 is 2.04 bits per heavy atom. The minimum atomic E-state index is -5.05. The third-order valence-corrected chi connectivity index (χ3v) is 8.20. The molecule has 0 saturated heterocycles. The molecule has 0 fully saturated rings. The fourth-order valence-corrected chi connectivity index (χ4v) is 4.16. The zero-order valence-electron chi connectivity index (χ0n) is 14.9. The topological polar surface area (TPSA) is 182 Å². The Bertz CT molecular complexity index is 536. The van der Waals surface area contributed by atoms with Crippen molar-refractivity contribution in [3.8, 4) is 0 Å². The fourth-order valence-electron chi connectivity index (χ4n) is 1.91. The van der Waals surface area contributed by atoms with E-state index in [-0.39, 0.29) is 38.6 Å². The molecule has 0 aliphatic heterocycles. The highest BCUT2D eigenvalue weighted by atomic mass is 31.2. The predicted octanol–water partition coefficient (Wildman–Crippen LogP) is -0.113. The molecular formula is C13H28N2O9P2.